The smallest absolute Gasteiger partial charge is 0.295 e. The van der Waals surface area contributed by atoms with Gasteiger partial charge in [0.05, 0.1) is 11.6 Å². The SMILES string of the molecule is Cc1cc(/C(O)=C2/C(=O)C(=O)N(CCN(C)C)C2c2ccc(C(C)C)cc2)ccc1Br. The van der Waals surface area contributed by atoms with Crippen LogP contribution in [0.1, 0.15) is 48.1 Å². The van der Waals surface area contributed by atoms with Gasteiger partial charge in [-0.25, -0.2) is 0 Å². The van der Waals surface area contributed by atoms with Crippen LogP contribution < -0.4 is 0 Å². The van der Waals surface area contributed by atoms with Gasteiger partial charge in [-0.05, 0) is 55.8 Å². The van der Waals surface area contributed by atoms with Crippen LogP contribution in [0.15, 0.2) is 52.5 Å². The zero-order chi connectivity index (χ0) is 22.9. The number of halogens is 1. The lowest BCUT2D eigenvalue weighted by Gasteiger charge is -2.27. The van der Waals surface area contributed by atoms with Crippen molar-refractivity contribution < 1.29 is 14.7 Å². The average molecular weight is 485 g/mol. The monoisotopic (exact) mass is 484 g/mol. The molecule has 0 spiro atoms. The summed E-state index contributed by atoms with van der Waals surface area (Å²) in [6.07, 6.45) is 0. The second kappa shape index (κ2) is 9.37. The summed E-state index contributed by atoms with van der Waals surface area (Å²) >= 11 is 3.46. The van der Waals surface area contributed by atoms with Crippen LogP contribution in [0.4, 0.5) is 0 Å². The molecule has 5 nitrogen and oxygen atoms in total. The largest absolute Gasteiger partial charge is 0.507 e. The van der Waals surface area contributed by atoms with Crippen LogP contribution in [-0.2, 0) is 9.59 Å². The van der Waals surface area contributed by atoms with Crippen molar-refractivity contribution in [3.63, 3.8) is 0 Å². The van der Waals surface area contributed by atoms with E-state index in [9.17, 15) is 14.7 Å². The van der Waals surface area contributed by atoms with Crippen LogP contribution in [0, 0.1) is 6.92 Å². The molecule has 3 rings (SSSR count). The van der Waals surface area contributed by atoms with Gasteiger partial charge >= 0.3 is 0 Å². The molecule has 6 heteroatoms. The highest BCUT2D eigenvalue weighted by atomic mass is 79.9. The molecule has 0 radical (unpaired) electrons. The number of aryl methyl sites for hydroxylation is 1. The van der Waals surface area contributed by atoms with E-state index in [0.29, 0.717) is 24.6 Å². The number of Topliss-reactive ketones (excluding diaryl/α,β-unsaturated/α-hetero) is 1. The van der Waals surface area contributed by atoms with Crippen LogP contribution in [0.5, 0.6) is 0 Å². The van der Waals surface area contributed by atoms with Crippen molar-refractivity contribution in [3.05, 3.63) is 74.8 Å². The number of nitrogens with zero attached hydrogens (tertiary/aromatic N) is 2. The summed E-state index contributed by atoms with van der Waals surface area (Å²) in [7, 11) is 3.85. The number of aliphatic hydroxyl groups excluding tert-OH is 1. The molecule has 1 amide bonds. The fourth-order valence-electron chi connectivity index (χ4n) is 3.78. The van der Waals surface area contributed by atoms with E-state index in [1.54, 1.807) is 11.0 Å². The topological polar surface area (TPSA) is 60.9 Å². The lowest BCUT2D eigenvalue weighted by atomic mass is 9.93. The summed E-state index contributed by atoms with van der Waals surface area (Å²) in [5, 5.41) is 11.1. The third kappa shape index (κ3) is 4.75. The first kappa shape index (κ1) is 23.2. The summed E-state index contributed by atoms with van der Waals surface area (Å²) in [4.78, 5) is 29.5. The van der Waals surface area contributed by atoms with E-state index in [-0.39, 0.29) is 11.3 Å². The minimum Gasteiger partial charge on any atom is -0.507 e. The normalized spacial score (nSPS) is 18.5. The Morgan fingerprint density at radius 3 is 2.32 bits per heavy atom. The first-order valence-corrected chi connectivity index (χ1v) is 11.2. The predicted molar refractivity (Wildman–Crippen MR) is 127 cm³/mol. The molecule has 0 saturated carbocycles. The molecule has 0 aromatic heterocycles. The van der Waals surface area contributed by atoms with Gasteiger partial charge in [-0.15, -0.1) is 0 Å². The molecule has 1 atom stereocenters. The molecule has 2 aromatic carbocycles. The molecule has 31 heavy (non-hydrogen) atoms. The van der Waals surface area contributed by atoms with Crippen LogP contribution in [0.3, 0.4) is 0 Å². The standard InChI is InChI=1S/C25H29BrN2O3/c1-15(2)17-6-8-18(9-7-17)22-21(23(29)19-10-11-20(26)16(3)14-19)24(30)25(31)28(22)13-12-27(4)5/h6-11,14-15,22,29H,12-13H2,1-5H3/b23-21-. The number of carbonyl (C=O) groups is 2. The van der Waals surface area contributed by atoms with Crippen LogP contribution in [0.2, 0.25) is 0 Å². The molecule has 1 unspecified atom stereocenters. The number of benzene rings is 2. The van der Waals surface area contributed by atoms with Crippen LogP contribution in [-0.4, -0.2) is 53.8 Å². The molecule has 1 fully saturated rings. The summed E-state index contributed by atoms with van der Waals surface area (Å²) in [5.41, 5.74) is 3.59. The van der Waals surface area contributed by atoms with E-state index in [0.717, 1.165) is 15.6 Å². The first-order valence-electron chi connectivity index (χ1n) is 10.4. The predicted octanol–water partition coefficient (Wildman–Crippen LogP) is 4.86. The zero-order valence-corrected chi connectivity index (χ0v) is 20.2. The Balaban J connectivity index is 2.15. The average Bonchev–Trinajstić information content (AvgIpc) is 2.98. The second-order valence-electron chi connectivity index (χ2n) is 8.58. The molecule has 1 N–H and O–H groups in total. The van der Waals surface area contributed by atoms with Gasteiger partial charge in [0.1, 0.15) is 5.76 Å². The van der Waals surface area contributed by atoms with Crippen molar-refractivity contribution in [3.8, 4) is 0 Å². The van der Waals surface area contributed by atoms with E-state index >= 15 is 0 Å². The van der Waals surface area contributed by atoms with Gasteiger partial charge in [0, 0.05) is 23.1 Å². The quantitative estimate of drug-likeness (QED) is 0.361. The summed E-state index contributed by atoms with van der Waals surface area (Å²) in [6.45, 7) is 7.16. The maximum absolute atomic E-state index is 13.1. The van der Waals surface area contributed by atoms with Gasteiger partial charge in [0.25, 0.3) is 11.7 Å². The van der Waals surface area contributed by atoms with Gasteiger partial charge in [-0.3, -0.25) is 9.59 Å². The van der Waals surface area contributed by atoms with Crippen molar-refractivity contribution >= 4 is 33.4 Å². The van der Waals surface area contributed by atoms with Crippen molar-refractivity contribution in [2.75, 3.05) is 27.2 Å². The second-order valence-corrected chi connectivity index (χ2v) is 9.44. The highest BCUT2D eigenvalue weighted by Gasteiger charge is 2.45. The number of likely N-dealkylation sites (N-methyl/N-ethyl adjacent to an activating group) is 1. The van der Waals surface area contributed by atoms with Crippen molar-refractivity contribution in [2.45, 2.75) is 32.7 Å². The van der Waals surface area contributed by atoms with E-state index < -0.39 is 17.7 Å². The Hall–Kier alpha value is -2.44. The first-order chi connectivity index (χ1) is 14.6. The molecule has 2 aromatic rings. The fraction of sp³-hybridized carbons (Fsp3) is 0.360. The highest BCUT2D eigenvalue weighted by molar-refractivity contribution is 9.10. The Kier molecular flexibility index (Phi) is 7.02. The summed E-state index contributed by atoms with van der Waals surface area (Å²) < 4.78 is 0.913. The van der Waals surface area contributed by atoms with Gasteiger partial charge < -0.3 is 14.9 Å². The molecule has 1 aliphatic heterocycles. The number of hydrogen-bond acceptors (Lipinski definition) is 4. The zero-order valence-electron chi connectivity index (χ0n) is 18.6. The Labute approximate surface area is 192 Å². The van der Waals surface area contributed by atoms with Crippen molar-refractivity contribution in [2.24, 2.45) is 0 Å². The van der Waals surface area contributed by atoms with Gasteiger partial charge in [-0.1, -0.05) is 60.1 Å². The van der Waals surface area contributed by atoms with Crippen molar-refractivity contribution in [1.82, 2.24) is 9.80 Å². The van der Waals surface area contributed by atoms with Gasteiger partial charge in [0.2, 0.25) is 0 Å². The number of ketones is 1. The Morgan fingerprint density at radius 1 is 1.13 bits per heavy atom. The molecule has 1 saturated heterocycles. The number of likely N-dealkylation sites (tertiary alicyclic amines) is 1. The number of hydrogen-bond donors (Lipinski definition) is 1. The van der Waals surface area contributed by atoms with E-state index in [1.165, 1.54) is 5.56 Å². The third-order valence-corrected chi connectivity index (χ3v) is 6.57. The van der Waals surface area contributed by atoms with E-state index in [2.05, 4.69) is 29.8 Å². The molecule has 164 valence electrons. The maximum Gasteiger partial charge on any atom is 0.295 e. The molecule has 1 heterocycles. The van der Waals surface area contributed by atoms with Crippen LogP contribution >= 0.6 is 15.9 Å². The van der Waals surface area contributed by atoms with Gasteiger partial charge in [-0.2, -0.15) is 0 Å². The molecule has 0 bridgehead atoms. The minimum atomic E-state index is -0.644. The van der Waals surface area contributed by atoms with Crippen LogP contribution in [0.25, 0.3) is 5.76 Å². The summed E-state index contributed by atoms with van der Waals surface area (Å²) in [6, 6.07) is 12.7. The molecule has 0 aliphatic carbocycles. The minimum absolute atomic E-state index is 0.140. The maximum atomic E-state index is 13.1. The Morgan fingerprint density at radius 2 is 1.77 bits per heavy atom. The van der Waals surface area contributed by atoms with Crippen molar-refractivity contribution in [1.29, 1.82) is 0 Å². The highest BCUT2D eigenvalue weighted by Crippen LogP contribution is 2.40. The van der Waals surface area contributed by atoms with Gasteiger partial charge in [0.15, 0.2) is 0 Å². The number of carbonyl (C=O) groups excluding carboxylic acids is 2. The third-order valence-electron chi connectivity index (χ3n) is 5.68. The molecular formula is C25H29BrN2O3. The summed E-state index contributed by atoms with van der Waals surface area (Å²) in [5.74, 6) is -0.982. The number of amides is 1. The van der Waals surface area contributed by atoms with E-state index in [4.69, 9.17) is 0 Å². The fourth-order valence-corrected chi connectivity index (χ4v) is 4.02. The number of rotatable bonds is 6. The van der Waals surface area contributed by atoms with E-state index in [1.807, 2.05) is 62.3 Å². The lowest BCUT2D eigenvalue weighted by molar-refractivity contribution is -0.140. The molecule has 1 aliphatic rings. The number of aliphatic hydroxyl groups is 1. The Bertz CT molecular complexity index is 1030. The lowest BCUT2D eigenvalue weighted by Crippen LogP contribution is -2.35. The molecular weight excluding hydrogens is 456 g/mol.